The van der Waals surface area contributed by atoms with Gasteiger partial charge >= 0.3 is 0 Å². The minimum atomic E-state index is -0.903. The lowest BCUT2D eigenvalue weighted by molar-refractivity contribution is -0.140. The zero-order valence-corrected chi connectivity index (χ0v) is 23.5. The molecule has 0 saturated carbocycles. The van der Waals surface area contributed by atoms with Gasteiger partial charge in [-0.1, -0.05) is 62.2 Å². The van der Waals surface area contributed by atoms with Crippen molar-refractivity contribution >= 4 is 17.9 Å². The number of hydrogen-bond donors (Lipinski definition) is 3. The summed E-state index contributed by atoms with van der Waals surface area (Å²) >= 11 is 0. The van der Waals surface area contributed by atoms with Gasteiger partial charge in [0.25, 0.3) is 0 Å². The monoisotopic (exact) mass is 547 g/mol. The molecule has 2 aromatic rings. The number of aliphatic hydroxyl groups is 2. The lowest BCUT2D eigenvalue weighted by Gasteiger charge is -2.36. The number of fused-ring (bicyclic) bond motifs is 1. The van der Waals surface area contributed by atoms with Crippen LogP contribution in [0.2, 0.25) is 0 Å². The van der Waals surface area contributed by atoms with Crippen LogP contribution in [0.1, 0.15) is 57.9 Å². The van der Waals surface area contributed by atoms with Gasteiger partial charge in [-0.2, -0.15) is 0 Å². The quantitative estimate of drug-likeness (QED) is 0.238. The Balaban J connectivity index is 1.63. The van der Waals surface area contributed by atoms with Crippen molar-refractivity contribution < 1.29 is 29.6 Å². The number of aromatic hydroxyl groups is 1. The van der Waals surface area contributed by atoms with E-state index in [1.165, 1.54) is 4.90 Å². The molecular weight excluding hydrogens is 506 g/mol. The number of benzene rings is 2. The molecule has 1 aliphatic carbocycles. The molecule has 4 atom stereocenters. The Hall–Kier alpha value is -3.42. The van der Waals surface area contributed by atoms with E-state index in [1.807, 2.05) is 49.4 Å². The molecule has 2 aromatic carbocycles. The highest BCUT2D eigenvalue weighted by molar-refractivity contribution is 6.05. The summed E-state index contributed by atoms with van der Waals surface area (Å²) in [5.41, 5.74) is 3.46. The number of imide groups is 1. The standard InChI is InChI=1S/C33H41NO6/c1-3-9-22(17-23-10-8-11-25(36)18-23)14-15-29(37)30-24(21-40-26-12-6-5-7-13-26)19-27-31(28(30)20-35)33(39)34(16-4-2)32(27)38/h5-8,10-13,17-18,27-29,31,35-37H,3-4,9,14-16,19-21H2,1-2H3/b22-17+/t27-,28+,29-,31-/m1/s1. The molecule has 40 heavy (non-hydrogen) atoms. The first-order valence-corrected chi connectivity index (χ1v) is 14.4. The second-order valence-corrected chi connectivity index (χ2v) is 10.8. The van der Waals surface area contributed by atoms with Crippen molar-refractivity contribution in [2.45, 2.75) is 58.5 Å². The predicted octanol–water partition coefficient (Wildman–Crippen LogP) is 5.12. The van der Waals surface area contributed by atoms with E-state index in [1.54, 1.807) is 18.2 Å². The van der Waals surface area contributed by atoms with Crippen LogP contribution >= 0.6 is 0 Å². The summed E-state index contributed by atoms with van der Waals surface area (Å²) in [6.45, 7) is 4.23. The van der Waals surface area contributed by atoms with E-state index in [2.05, 4.69) is 6.92 Å². The Morgan fingerprint density at radius 1 is 1.05 bits per heavy atom. The van der Waals surface area contributed by atoms with Gasteiger partial charge in [-0.25, -0.2) is 0 Å². The fraction of sp³-hybridized carbons (Fsp3) is 0.455. The molecule has 3 N–H and O–H groups in total. The van der Waals surface area contributed by atoms with E-state index in [-0.39, 0.29) is 30.8 Å². The molecule has 7 heteroatoms. The summed E-state index contributed by atoms with van der Waals surface area (Å²) in [6, 6.07) is 16.4. The van der Waals surface area contributed by atoms with Gasteiger partial charge in [0.15, 0.2) is 0 Å². The highest BCUT2D eigenvalue weighted by atomic mass is 16.5. The summed E-state index contributed by atoms with van der Waals surface area (Å²) < 4.78 is 6.06. The summed E-state index contributed by atoms with van der Waals surface area (Å²) in [5.74, 6) is -1.44. The van der Waals surface area contributed by atoms with Crippen LogP contribution in [0.15, 0.2) is 71.3 Å². The molecule has 1 saturated heterocycles. The fourth-order valence-electron chi connectivity index (χ4n) is 6.21. The Morgan fingerprint density at radius 3 is 2.50 bits per heavy atom. The van der Waals surface area contributed by atoms with E-state index in [0.717, 1.165) is 29.6 Å². The maximum atomic E-state index is 13.4. The first-order chi connectivity index (χ1) is 19.4. The summed E-state index contributed by atoms with van der Waals surface area (Å²) in [5, 5.41) is 32.0. The third-order valence-electron chi connectivity index (χ3n) is 7.99. The lowest BCUT2D eigenvalue weighted by Crippen LogP contribution is -2.40. The van der Waals surface area contributed by atoms with Gasteiger partial charge in [-0.3, -0.25) is 14.5 Å². The van der Waals surface area contributed by atoms with Crippen LogP contribution in [0.3, 0.4) is 0 Å². The average Bonchev–Trinajstić information content (AvgIpc) is 3.19. The van der Waals surface area contributed by atoms with E-state index < -0.39 is 23.9 Å². The molecule has 214 valence electrons. The van der Waals surface area contributed by atoms with Crippen molar-refractivity contribution in [3.05, 3.63) is 76.9 Å². The Bertz CT molecular complexity index is 1240. The number of phenols is 1. The zero-order valence-electron chi connectivity index (χ0n) is 23.5. The first kappa shape index (κ1) is 29.6. The maximum Gasteiger partial charge on any atom is 0.233 e. The molecule has 0 unspecified atom stereocenters. The molecule has 0 radical (unpaired) electrons. The zero-order chi connectivity index (χ0) is 28.6. The van der Waals surface area contributed by atoms with Gasteiger partial charge in [0, 0.05) is 12.5 Å². The summed E-state index contributed by atoms with van der Waals surface area (Å²) in [7, 11) is 0. The van der Waals surface area contributed by atoms with Crippen molar-refractivity contribution in [3.63, 3.8) is 0 Å². The molecule has 2 amide bonds. The minimum Gasteiger partial charge on any atom is -0.508 e. The predicted molar refractivity (Wildman–Crippen MR) is 154 cm³/mol. The van der Waals surface area contributed by atoms with Gasteiger partial charge in [-0.15, -0.1) is 0 Å². The number of amides is 2. The molecule has 0 bridgehead atoms. The number of carbonyl (C=O) groups is 2. The molecule has 0 aromatic heterocycles. The van der Waals surface area contributed by atoms with Crippen LogP contribution in [-0.2, 0) is 9.59 Å². The highest BCUT2D eigenvalue weighted by Gasteiger charge is 2.54. The number of rotatable bonds is 13. The number of ether oxygens (including phenoxy) is 1. The normalized spacial score (nSPS) is 22.1. The Kier molecular flexibility index (Phi) is 10.2. The second-order valence-electron chi connectivity index (χ2n) is 10.8. The number of hydrogen-bond acceptors (Lipinski definition) is 6. The maximum absolute atomic E-state index is 13.4. The smallest absolute Gasteiger partial charge is 0.233 e. The average molecular weight is 548 g/mol. The van der Waals surface area contributed by atoms with E-state index in [4.69, 9.17) is 4.74 Å². The molecule has 1 fully saturated rings. The van der Waals surface area contributed by atoms with Gasteiger partial charge in [0.2, 0.25) is 11.8 Å². The van der Waals surface area contributed by atoms with Crippen molar-refractivity contribution in [2.75, 3.05) is 19.8 Å². The van der Waals surface area contributed by atoms with E-state index in [9.17, 15) is 24.9 Å². The van der Waals surface area contributed by atoms with Gasteiger partial charge < -0.3 is 20.1 Å². The Morgan fingerprint density at radius 2 is 1.82 bits per heavy atom. The Labute approximate surface area is 236 Å². The number of likely N-dealkylation sites (tertiary alicyclic amines) is 1. The van der Waals surface area contributed by atoms with Crippen molar-refractivity contribution in [1.29, 1.82) is 0 Å². The van der Waals surface area contributed by atoms with Crippen molar-refractivity contribution in [1.82, 2.24) is 4.90 Å². The topological polar surface area (TPSA) is 107 Å². The fourth-order valence-corrected chi connectivity index (χ4v) is 6.21. The van der Waals surface area contributed by atoms with Crippen molar-refractivity contribution in [2.24, 2.45) is 17.8 Å². The number of nitrogens with zero attached hydrogens (tertiary/aromatic N) is 1. The number of aliphatic hydroxyl groups excluding tert-OH is 2. The molecular formula is C33H41NO6. The van der Waals surface area contributed by atoms with Crippen LogP contribution in [0.25, 0.3) is 6.08 Å². The molecule has 4 rings (SSSR count). The van der Waals surface area contributed by atoms with Crippen LogP contribution in [0, 0.1) is 17.8 Å². The number of para-hydroxylation sites is 1. The molecule has 1 heterocycles. The number of carbonyl (C=O) groups excluding carboxylic acids is 2. The van der Waals surface area contributed by atoms with Crippen LogP contribution in [-0.4, -0.2) is 57.9 Å². The second kappa shape index (κ2) is 13.8. The van der Waals surface area contributed by atoms with Crippen molar-refractivity contribution in [3.8, 4) is 11.5 Å². The SMILES string of the molecule is CCC/C(=C\c1cccc(O)c1)CC[C@@H](O)C1=C(COc2ccccc2)C[C@H]2C(=O)N(CCC)C(=O)[C@H]2[C@H]1CO. The van der Waals surface area contributed by atoms with Gasteiger partial charge in [0.1, 0.15) is 18.1 Å². The third kappa shape index (κ3) is 6.65. The number of phenolic OH excluding ortho intramolecular Hbond substituents is 1. The first-order valence-electron chi connectivity index (χ1n) is 14.4. The molecule has 0 spiro atoms. The summed E-state index contributed by atoms with van der Waals surface area (Å²) in [6.07, 6.45) is 4.94. The third-order valence-corrected chi connectivity index (χ3v) is 7.99. The van der Waals surface area contributed by atoms with Gasteiger partial charge in [0.05, 0.1) is 24.5 Å². The van der Waals surface area contributed by atoms with Crippen LogP contribution < -0.4 is 4.74 Å². The summed E-state index contributed by atoms with van der Waals surface area (Å²) in [4.78, 5) is 28.0. The highest BCUT2D eigenvalue weighted by Crippen LogP contribution is 2.46. The van der Waals surface area contributed by atoms with Gasteiger partial charge in [-0.05, 0) is 73.1 Å². The molecule has 2 aliphatic rings. The lowest BCUT2D eigenvalue weighted by atomic mass is 9.68. The minimum absolute atomic E-state index is 0.173. The van der Waals surface area contributed by atoms with E-state index >= 15 is 0 Å². The number of allylic oxidation sites excluding steroid dienone is 1. The van der Waals surface area contributed by atoms with E-state index in [0.29, 0.717) is 43.6 Å². The molecule has 7 nitrogen and oxygen atoms in total. The molecule has 1 aliphatic heterocycles. The van der Waals surface area contributed by atoms with Crippen LogP contribution in [0.4, 0.5) is 0 Å². The largest absolute Gasteiger partial charge is 0.508 e. The van der Waals surface area contributed by atoms with Crippen LogP contribution in [0.5, 0.6) is 11.5 Å².